The minimum Gasteiger partial charge on any atom is -0.364 e. The molecule has 0 unspecified atom stereocenters. The number of primary amides is 1. The summed E-state index contributed by atoms with van der Waals surface area (Å²) >= 11 is 0. The molecule has 0 spiro atoms. The van der Waals surface area contributed by atoms with Gasteiger partial charge in [-0.25, -0.2) is 9.50 Å². The monoisotopic (exact) mass is 238 g/mol. The Labute approximate surface area is 103 Å². The third kappa shape index (κ3) is 1.62. The average Bonchev–Trinajstić information content (AvgIpc) is 2.82. The van der Waals surface area contributed by atoms with Crippen LogP contribution in [0.1, 0.15) is 10.5 Å². The van der Waals surface area contributed by atoms with Crippen LogP contribution in [0.5, 0.6) is 0 Å². The first kappa shape index (κ1) is 10.5. The van der Waals surface area contributed by atoms with E-state index in [0.717, 1.165) is 11.3 Å². The molecule has 0 fully saturated rings. The van der Waals surface area contributed by atoms with Gasteiger partial charge < -0.3 is 5.73 Å². The fourth-order valence-electron chi connectivity index (χ4n) is 1.81. The zero-order valence-corrected chi connectivity index (χ0v) is 9.45. The maximum atomic E-state index is 11.1. The van der Waals surface area contributed by atoms with Crippen LogP contribution < -0.4 is 5.73 Å². The van der Waals surface area contributed by atoms with Crippen molar-refractivity contribution in [3.63, 3.8) is 0 Å². The Morgan fingerprint density at radius 2 is 1.89 bits per heavy atom. The maximum absolute atomic E-state index is 11.1. The molecule has 0 aliphatic carbocycles. The van der Waals surface area contributed by atoms with Gasteiger partial charge in [0.05, 0.1) is 11.9 Å². The molecule has 0 bridgehead atoms. The lowest BCUT2D eigenvalue weighted by Crippen LogP contribution is -2.14. The van der Waals surface area contributed by atoms with Crippen molar-refractivity contribution in [3.05, 3.63) is 54.4 Å². The summed E-state index contributed by atoms with van der Waals surface area (Å²) in [6.07, 6.45) is 1.72. The fourth-order valence-corrected chi connectivity index (χ4v) is 1.81. The summed E-state index contributed by atoms with van der Waals surface area (Å²) in [6.45, 7) is 0. The third-order valence-electron chi connectivity index (χ3n) is 2.68. The summed E-state index contributed by atoms with van der Waals surface area (Å²) in [5.41, 5.74) is 7.94. The summed E-state index contributed by atoms with van der Waals surface area (Å²) < 4.78 is 1.62. The van der Waals surface area contributed by atoms with E-state index >= 15 is 0 Å². The highest BCUT2D eigenvalue weighted by molar-refractivity contribution is 5.90. The second-order valence-corrected chi connectivity index (χ2v) is 3.86. The van der Waals surface area contributed by atoms with Crippen molar-refractivity contribution in [2.75, 3.05) is 0 Å². The topological polar surface area (TPSA) is 73.3 Å². The number of aromatic nitrogens is 3. The molecule has 2 aromatic heterocycles. The number of amides is 1. The molecule has 5 heteroatoms. The van der Waals surface area contributed by atoms with Gasteiger partial charge in [-0.2, -0.15) is 5.10 Å². The van der Waals surface area contributed by atoms with E-state index in [-0.39, 0.29) is 5.69 Å². The highest BCUT2D eigenvalue weighted by Crippen LogP contribution is 2.19. The van der Waals surface area contributed by atoms with Crippen molar-refractivity contribution in [3.8, 4) is 11.3 Å². The lowest BCUT2D eigenvalue weighted by atomic mass is 10.2. The molecule has 0 radical (unpaired) electrons. The van der Waals surface area contributed by atoms with Crippen LogP contribution in [0.2, 0.25) is 0 Å². The number of rotatable bonds is 2. The number of hydrogen-bond donors (Lipinski definition) is 1. The van der Waals surface area contributed by atoms with Gasteiger partial charge in [0.2, 0.25) is 0 Å². The zero-order chi connectivity index (χ0) is 12.5. The predicted molar refractivity (Wildman–Crippen MR) is 66.9 cm³/mol. The first-order valence-corrected chi connectivity index (χ1v) is 5.46. The smallest absolute Gasteiger partial charge is 0.269 e. The third-order valence-corrected chi connectivity index (χ3v) is 2.68. The Balaban J connectivity index is 2.24. The maximum Gasteiger partial charge on any atom is 0.269 e. The molecule has 0 saturated heterocycles. The summed E-state index contributed by atoms with van der Waals surface area (Å²) in [7, 11) is 0. The number of benzene rings is 1. The Kier molecular flexibility index (Phi) is 2.30. The Morgan fingerprint density at radius 3 is 2.61 bits per heavy atom. The molecule has 1 amide bonds. The van der Waals surface area contributed by atoms with E-state index < -0.39 is 5.91 Å². The fraction of sp³-hybridized carbons (Fsp3) is 0. The van der Waals surface area contributed by atoms with E-state index in [4.69, 9.17) is 5.73 Å². The summed E-state index contributed by atoms with van der Waals surface area (Å²) in [6, 6.07) is 13.0. The first-order valence-electron chi connectivity index (χ1n) is 5.46. The molecule has 0 aliphatic rings. The van der Waals surface area contributed by atoms with Crippen LogP contribution in [0.3, 0.4) is 0 Å². The number of nitrogens with zero attached hydrogens (tertiary/aromatic N) is 3. The zero-order valence-electron chi connectivity index (χ0n) is 9.45. The number of imidazole rings is 1. The number of carbonyl (C=O) groups excluding carboxylic acids is 1. The van der Waals surface area contributed by atoms with E-state index in [1.807, 2.05) is 30.3 Å². The molecule has 1 aromatic carbocycles. The number of hydrogen-bond acceptors (Lipinski definition) is 3. The van der Waals surface area contributed by atoms with Crippen molar-refractivity contribution >= 4 is 11.6 Å². The Bertz CT molecular complexity index is 718. The van der Waals surface area contributed by atoms with Crippen molar-refractivity contribution in [1.82, 2.24) is 14.6 Å². The van der Waals surface area contributed by atoms with Gasteiger partial charge >= 0.3 is 0 Å². The second kappa shape index (κ2) is 3.96. The van der Waals surface area contributed by atoms with Crippen LogP contribution in [0, 0.1) is 0 Å². The molecular formula is C13H10N4O. The van der Waals surface area contributed by atoms with E-state index in [0.29, 0.717) is 5.65 Å². The van der Waals surface area contributed by atoms with E-state index in [9.17, 15) is 4.79 Å². The molecule has 0 aliphatic heterocycles. The van der Waals surface area contributed by atoms with E-state index in [1.165, 1.54) is 0 Å². The van der Waals surface area contributed by atoms with Crippen molar-refractivity contribution in [1.29, 1.82) is 0 Å². The quantitative estimate of drug-likeness (QED) is 0.735. The molecule has 18 heavy (non-hydrogen) atoms. The largest absolute Gasteiger partial charge is 0.364 e. The summed E-state index contributed by atoms with van der Waals surface area (Å²) in [5, 5.41) is 4.19. The standard InChI is InChI=1S/C13H10N4O/c14-13(18)10-6-7-12-15-8-11(17(12)16-10)9-4-2-1-3-5-9/h1-8H,(H2,14,18). The van der Waals surface area contributed by atoms with Gasteiger partial charge in [0.25, 0.3) is 5.91 Å². The minimum absolute atomic E-state index is 0.220. The molecule has 88 valence electrons. The van der Waals surface area contributed by atoms with Crippen molar-refractivity contribution in [2.45, 2.75) is 0 Å². The molecule has 0 atom stereocenters. The van der Waals surface area contributed by atoms with Crippen molar-refractivity contribution in [2.24, 2.45) is 5.73 Å². The molecule has 5 nitrogen and oxygen atoms in total. The Hall–Kier alpha value is -2.69. The van der Waals surface area contributed by atoms with Crippen LogP contribution in [-0.4, -0.2) is 20.5 Å². The molecule has 3 rings (SSSR count). The number of fused-ring (bicyclic) bond motifs is 1. The van der Waals surface area contributed by atoms with Gasteiger partial charge in [0.1, 0.15) is 5.69 Å². The molecule has 2 N–H and O–H groups in total. The highest BCUT2D eigenvalue weighted by atomic mass is 16.1. The second-order valence-electron chi connectivity index (χ2n) is 3.86. The van der Waals surface area contributed by atoms with Gasteiger partial charge in [-0.3, -0.25) is 4.79 Å². The molecule has 3 aromatic rings. The average molecular weight is 238 g/mol. The van der Waals surface area contributed by atoms with Crippen LogP contribution in [0.15, 0.2) is 48.7 Å². The number of nitrogens with two attached hydrogens (primary N) is 1. The lowest BCUT2D eigenvalue weighted by Gasteiger charge is -2.01. The highest BCUT2D eigenvalue weighted by Gasteiger charge is 2.09. The van der Waals surface area contributed by atoms with Crippen LogP contribution in [-0.2, 0) is 0 Å². The predicted octanol–water partition coefficient (Wildman–Crippen LogP) is 1.50. The van der Waals surface area contributed by atoms with Gasteiger partial charge in [0, 0.05) is 5.56 Å². The lowest BCUT2D eigenvalue weighted by molar-refractivity contribution is 0.0994. The summed E-state index contributed by atoms with van der Waals surface area (Å²) in [4.78, 5) is 15.4. The van der Waals surface area contributed by atoms with Crippen LogP contribution >= 0.6 is 0 Å². The minimum atomic E-state index is -0.551. The first-order chi connectivity index (χ1) is 8.75. The molecular weight excluding hydrogens is 228 g/mol. The Morgan fingerprint density at radius 1 is 1.11 bits per heavy atom. The number of carbonyl (C=O) groups is 1. The van der Waals surface area contributed by atoms with Gasteiger partial charge in [0.15, 0.2) is 5.65 Å². The normalized spacial score (nSPS) is 10.7. The van der Waals surface area contributed by atoms with Gasteiger partial charge in [-0.05, 0) is 12.1 Å². The van der Waals surface area contributed by atoms with Gasteiger partial charge in [-0.1, -0.05) is 30.3 Å². The van der Waals surface area contributed by atoms with Crippen LogP contribution in [0.4, 0.5) is 0 Å². The van der Waals surface area contributed by atoms with Crippen molar-refractivity contribution < 1.29 is 4.79 Å². The molecule has 0 saturated carbocycles. The SMILES string of the molecule is NC(=O)c1ccc2ncc(-c3ccccc3)n2n1. The summed E-state index contributed by atoms with van der Waals surface area (Å²) in [5.74, 6) is -0.551. The van der Waals surface area contributed by atoms with E-state index in [1.54, 1.807) is 22.8 Å². The van der Waals surface area contributed by atoms with Gasteiger partial charge in [-0.15, -0.1) is 0 Å². The van der Waals surface area contributed by atoms with E-state index in [2.05, 4.69) is 10.1 Å². The molecule has 2 heterocycles. The van der Waals surface area contributed by atoms with Crippen LogP contribution in [0.25, 0.3) is 16.9 Å².